The van der Waals surface area contributed by atoms with Crippen molar-refractivity contribution in [1.82, 2.24) is 9.21 Å². The summed E-state index contributed by atoms with van der Waals surface area (Å²) in [6.07, 6.45) is 1.51. The summed E-state index contributed by atoms with van der Waals surface area (Å²) in [4.78, 5) is 13.9. The summed E-state index contributed by atoms with van der Waals surface area (Å²) in [6.45, 7) is 0.340. The number of benzene rings is 1. The quantitative estimate of drug-likeness (QED) is 0.583. The Labute approximate surface area is 170 Å². The van der Waals surface area contributed by atoms with E-state index < -0.39 is 10.0 Å². The predicted molar refractivity (Wildman–Crippen MR) is 110 cm³/mol. The van der Waals surface area contributed by atoms with Crippen molar-refractivity contribution >= 4 is 27.3 Å². The highest BCUT2D eigenvalue weighted by Gasteiger charge is 2.24. The molecule has 28 heavy (non-hydrogen) atoms. The fourth-order valence-electron chi connectivity index (χ4n) is 2.64. The van der Waals surface area contributed by atoms with Crippen LogP contribution < -0.4 is 9.47 Å². The van der Waals surface area contributed by atoms with Crippen molar-refractivity contribution in [2.75, 3.05) is 41.4 Å². The fraction of sp³-hybridized carbons (Fsp3) is 0.421. The number of thiophene rings is 1. The standard InChI is InChI=1S/C19H26N2O5S2/c1-20(11-5-7-15-9-10-16(25-3)17(13-15)26-4)18(22)14-21(2)28(23,24)19-8-6-12-27-19/h6,8-10,12-13H,5,7,11,14H2,1-4H3. The molecule has 0 spiro atoms. The van der Waals surface area contributed by atoms with Crippen LogP contribution in [0.4, 0.5) is 0 Å². The second-order valence-electron chi connectivity index (χ2n) is 6.30. The number of aryl methyl sites for hydroxylation is 1. The van der Waals surface area contributed by atoms with E-state index >= 15 is 0 Å². The molecule has 0 unspecified atom stereocenters. The second-order valence-corrected chi connectivity index (χ2v) is 9.52. The molecule has 154 valence electrons. The Bertz CT molecular complexity index is 882. The number of hydrogen-bond donors (Lipinski definition) is 0. The molecule has 0 radical (unpaired) electrons. The lowest BCUT2D eigenvalue weighted by Gasteiger charge is -2.21. The largest absolute Gasteiger partial charge is 0.493 e. The molecule has 1 aromatic carbocycles. The summed E-state index contributed by atoms with van der Waals surface area (Å²) in [5.41, 5.74) is 1.08. The Morgan fingerprint density at radius 2 is 1.82 bits per heavy atom. The number of rotatable bonds is 10. The Kier molecular flexibility index (Phi) is 7.85. The van der Waals surface area contributed by atoms with Crippen LogP contribution in [-0.4, -0.2) is 64.9 Å². The van der Waals surface area contributed by atoms with Crippen molar-refractivity contribution < 1.29 is 22.7 Å². The molecule has 0 fully saturated rings. The SMILES string of the molecule is COc1ccc(CCCN(C)C(=O)CN(C)S(=O)(=O)c2cccs2)cc1OC. The summed E-state index contributed by atoms with van der Waals surface area (Å²) in [5, 5.41) is 1.70. The molecular weight excluding hydrogens is 400 g/mol. The summed E-state index contributed by atoms with van der Waals surface area (Å²) in [5.74, 6) is 1.10. The summed E-state index contributed by atoms with van der Waals surface area (Å²) in [6, 6.07) is 8.95. The lowest BCUT2D eigenvalue weighted by molar-refractivity contribution is -0.129. The van der Waals surface area contributed by atoms with Gasteiger partial charge in [0.05, 0.1) is 20.8 Å². The van der Waals surface area contributed by atoms with Gasteiger partial charge in [-0.1, -0.05) is 12.1 Å². The fourth-order valence-corrected chi connectivity index (χ4v) is 4.96. The highest BCUT2D eigenvalue weighted by molar-refractivity contribution is 7.91. The molecule has 0 N–H and O–H groups in total. The zero-order valence-corrected chi connectivity index (χ0v) is 18.2. The van der Waals surface area contributed by atoms with Crippen LogP contribution in [0, 0.1) is 0 Å². The first-order valence-corrected chi connectivity index (χ1v) is 11.1. The third-order valence-electron chi connectivity index (χ3n) is 4.35. The van der Waals surface area contributed by atoms with Crippen LogP contribution in [0.5, 0.6) is 11.5 Å². The highest BCUT2D eigenvalue weighted by Crippen LogP contribution is 2.28. The minimum atomic E-state index is -3.62. The number of nitrogens with zero attached hydrogens (tertiary/aromatic N) is 2. The van der Waals surface area contributed by atoms with Gasteiger partial charge in [-0.05, 0) is 42.0 Å². The molecule has 1 aromatic heterocycles. The zero-order valence-electron chi connectivity index (χ0n) is 16.5. The number of carbonyl (C=O) groups is 1. The van der Waals surface area contributed by atoms with Crippen molar-refractivity contribution in [3.05, 3.63) is 41.3 Å². The number of methoxy groups -OCH3 is 2. The van der Waals surface area contributed by atoms with Gasteiger partial charge in [-0.25, -0.2) is 8.42 Å². The van der Waals surface area contributed by atoms with Gasteiger partial charge in [0, 0.05) is 20.6 Å². The van der Waals surface area contributed by atoms with Gasteiger partial charge in [0.1, 0.15) is 4.21 Å². The van der Waals surface area contributed by atoms with E-state index in [1.54, 1.807) is 37.6 Å². The van der Waals surface area contributed by atoms with Gasteiger partial charge in [0.2, 0.25) is 5.91 Å². The molecule has 0 aliphatic carbocycles. The number of likely N-dealkylation sites (N-methyl/N-ethyl adjacent to an activating group) is 2. The van der Waals surface area contributed by atoms with Gasteiger partial charge >= 0.3 is 0 Å². The van der Waals surface area contributed by atoms with E-state index in [2.05, 4.69) is 0 Å². The van der Waals surface area contributed by atoms with E-state index in [0.717, 1.165) is 34.0 Å². The van der Waals surface area contributed by atoms with E-state index in [9.17, 15) is 13.2 Å². The first kappa shape index (κ1) is 22.2. The molecule has 0 bridgehead atoms. The Balaban J connectivity index is 1.86. The maximum atomic E-state index is 12.4. The Hall–Kier alpha value is -2.10. The van der Waals surface area contributed by atoms with Crippen LogP contribution in [0.2, 0.25) is 0 Å². The average Bonchev–Trinajstić information content (AvgIpc) is 3.23. The van der Waals surface area contributed by atoms with Crippen molar-refractivity contribution in [3.8, 4) is 11.5 Å². The number of sulfonamides is 1. The minimum absolute atomic E-state index is 0.187. The molecule has 0 saturated carbocycles. The molecule has 0 atom stereocenters. The van der Waals surface area contributed by atoms with Crippen LogP contribution in [0.25, 0.3) is 0 Å². The average molecular weight is 427 g/mol. The van der Waals surface area contributed by atoms with Gasteiger partial charge in [0.25, 0.3) is 10.0 Å². The first-order valence-electron chi connectivity index (χ1n) is 8.74. The number of hydrogen-bond acceptors (Lipinski definition) is 6. The number of amides is 1. The molecule has 1 heterocycles. The predicted octanol–water partition coefficient (Wildman–Crippen LogP) is 2.48. The third-order valence-corrected chi connectivity index (χ3v) is 7.53. The summed E-state index contributed by atoms with van der Waals surface area (Å²) >= 11 is 1.14. The molecular formula is C19H26N2O5S2. The van der Waals surface area contributed by atoms with Crippen molar-refractivity contribution in [2.45, 2.75) is 17.1 Å². The maximum absolute atomic E-state index is 12.4. The second kappa shape index (κ2) is 9.90. The van der Waals surface area contributed by atoms with Crippen LogP contribution in [-0.2, 0) is 21.2 Å². The molecule has 2 aromatic rings. The normalized spacial score (nSPS) is 11.5. The van der Waals surface area contributed by atoms with Crippen LogP contribution in [0.3, 0.4) is 0 Å². The van der Waals surface area contributed by atoms with E-state index in [1.807, 2.05) is 18.2 Å². The van der Waals surface area contributed by atoms with E-state index in [4.69, 9.17) is 9.47 Å². The lowest BCUT2D eigenvalue weighted by Crippen LogP contribution is -2.39. The van der Waals surface area contributed by atoms with Gasteiger partial charge in [0.15, 0.2) is 11.5 Å². The van der Waals surface area contributed by atoms with Gasteiger partial charge in [-0.2, -0.15) is 4.31 Å². The topological polar surface area (TPSA) is 76.2 Å². The minimum Gasteiger partial charge on any atom is -0.493 e. The van der Waals surface area contributed by atoms with Crippen molar-refractivity contribution in [2.24, 2.45) is 0 Å². The molecule has 2 rings (SSSR count). The summed E-state index contributed by atoms with van der Waals surface area (Å²) in [7, 11) is 2.66. The molecule has 7 nitrogen and oxygen atoms in total. The highest BCUT2D eigenvalue weighted by atomic mass is 32.2. The zero-order chi connectivity index (χ0) is 20.7. The van der Waals surface area contributed by atoms with E-state index in [1.165, 1.54) is 13.1 Å². The van der Waals surface area contributed by atoms with E-state index in [0.29, 0.717) is 18.0 Å². The van der Waals surface area contributed by atoms with E-state index in [-0.39, 0.29) is 16.7 Å². The third kappa shape index (κ3) is 5.46. The van der Waals surface area contributed by atoms with Gasteiger partial charge in [-0.3, -0.25) is 4.79 Å². The summed E-state index contributed by atoms with van der Waals surface area (Å²) < 4.78 is 36.7. The Morgan fingerprint density at radius 1 is 1.11 bits per heavy atom. The van der Waals surface area contributed by atoms with Crippen LogP contribution >= 0.6 is 11.3 Å². The van der Waals surface area contributed by atoms with Crippen molar-refractivity contribution in [3.63, 3.8) is 0 Å². The number of carbonyl (C=O) groups excluding carboxylic acids is 1. The molecule has 0 aliphatic rings. The molecule has 0 aliphatic heterocycles. The van der Waals surface area contributed by atoms with Crippen LogP contribution in [0.15, 0.2) is 39.9 Å². The number of ether oxygens (including phenoxy) is 2. The van der Waals surface area contributed by atoms with Crippen molar-refractivity contribution in [1.29, 1.82) is 0 Å². The molecule has 9 heteroatoms. The van der Waals surface area contributed by atoms with Crippen LogP contribution in [0.1, 0.15) is 12.0 Å². The lowest BCUT2D eigenvalue weighted by atomic mass is 10.1. The first-order chi connectivity index (χ1) is 13.3. The van der Waals surface area contributed by atoms with Gasteiger partial charge in [-0.15, -0.1) is 11.3 Å². The monoisotopic (exact) mass is 426 g/mol. The molecule has 1 amide bonds. The van der Waals surface area contributed by atoms with Gasteiger partial charge < -0.3 is 14.4 Å². The molecule has 0 saturated heterocycles. The maximum Gasteiger partial charge on any atom is 0.252 e. The Morgan fingerprint density at radius 3 is 2.43 bits per heavy atom. The smallest absolute Gasteiger partial charge is 0.252 e.